The monoisotopic (exact) mass is 341 g/mol. The van der Waals surface area contributed by atoms with E-state index in [1.807, 2.05) is 13.0 Å². The highest BCUT2D eigenvalue weighted by molar-refractivity contribution is 7.09. The topological polar surface area (TPSA) is 51.0 Å². The van der Waals surface area contributed by atoms with E-state index in [4.69, 9.17) is 9.40 Å². The lowest BCUT2D eigenvalue weighted by molar-refractivity contribution is 0.437. The number of nitrogens with one attached hydrogen (secondary N) is 1. The second-order valence-corrected chi connectivity index (χ2v) is 7.80. The first-order valence-corrected chi connectivity index (χ1v) is 8.97. The van der Waals surface area contributed by atoms with Gasteiger partial charge in [-0.2, -0.15) is 0 Å². The molecular weight excluding hydrogens is 318 g/mol. The molecule has 0 amide bonds. The van der Waals surface area contributed by atoms with E-state index in [1.54, 1.807) is 17.5 Å². The van der Waals surface area contributed by atoms with Crippen LogP contribution in [0.25, 0.3) is 0 Å². The molecule has 24 heavy (non-hydrogen) atoms. The zero-order valence-corrected chi connectivity index (χ0v) is 15.4. The Morgan fingerprint density at radius 3 is 2.54 bits per heavy atom. The molecule has 126 valence electrons. The average molecular weight is 341 g/mol. The second-order valence-electron chi connectivity index (χ2n) is 6.91. The van der Waals surface area contributed by atoms with Crippen LogP contribution in [0.3, 0.4) is 0 Å². The number of aromatic nitrogens is 2. The highest BCUT2D eigenvalue weighted by Gasteiger charge is 2.22. The van der Waals surface area contributed by atoms with Crippen LogP contribution in [0.1, 0.15) is 54.7 Å². The number of rotatable bonds is 5. The van der Waals surface area contributed by atoms with Crippen LogP contribution >= 0.6 is 11.3 Å². The highest BCUT2D eigenvalue weighted by Crippen LogP contribution is 2.30. The van der Waals surface area contributed by atoms with Crippen molar-refractivity contribution < 1.29 is 4.42 Å². The summed E-state index contributed by atoms with van der Waals surface area (Å²) in [5, 5.41) is 6.76. The lowest BCUT2D eigenvalue weighted by atomic mass is 9.93. The summed E-state index contributed by atoms with van der Waals surface area (Å²) < 4.78 is 5.57. The minimum atomic E-state index is 0.0273. The molecule has 0 saturated heterocycles. The van der Waals surface area contributed by atoms with E-state index in [1.165, 1.54) is 5.56 Å². The number of hydrogen-bond acceptors (Lipinski definition) is 5. The summed E-state index contributed by atoms with van der Waals surface area (Å²) in [5.41, 5.74) is 2.36. The van der Waals surface area contributed by atoms with Gasteiger partial charge in [-0.05, 0) is 12.5 Å². The van der Waals surface area contributed by atoms with E-state index in [0.29, 0.717) is 12.4 Å². The summed E-state index contributed by atoms with van der Waals surface area (Å²) >= 11 is 1.70. The molecular formula is C19H23N3OS. The molecule has 3 aromatic rings. The second kappa shape index (κ2) is 6.87. The minimum absolute atomic E-state index is 0.0273. The molecule has 0 spiro atoms. The van der Waals surface area contributed by atoms with Crippen LogP contribution in [0, 0.1) is 6.92 Å². The van der Waals surface area contributed by atoms with Crippen molar-refractivity contribution in [3.05, 3.63) is 69.8 Å². The Hall–Kier alpha value is -1.98. The van der Waals surface area contributed by atoms with Crippen LogP contribution in [-0.2, 0) is 12.0 Å². The summed E-state index contributed by atoms with van der Waals surface area (Å²) in [6.07, 6.45) is 1.75. The van der Waals surface area contributed by atoms with Gasteiger partial charge in [0.25, 0.3) is 0 Å². The highest BCUT2D eigenvalue weighted by atomic mass is 32.1. The molecule has 0 aliphatic heterocycles. The molecule has 0 aliphatic rings. The molecule has 1 N–H and O–H groups in total. The fraction of sp³-hybridized carbons (Fsp3) is 0.368. The van der Waals surface area contributed by atoms with Gasteiger partial charge in [0.05, 0.1) is 24.5 Å². The molecule has 5 heteroatoms. The van der Waals surface area contributed by atoms with Gasteiger partial charge >= 0.3 is 0 Å². The Labute approximate surface area is 147 Å². The lowest BCUT2D eigenvalue weighted by Crippen LogP contribution is -2.22. The average Bonchev–Trinajstić information content (AvgIpc) is 3.18. The van der Waals surface area contributed by atoms with Gasteiger partial charge in [-0.1, -0.05) is 51.1 Å². The zero-order valence-electron chi connectivity index (χ0n) is 14.5. The standard InChI is InChI=1S/C19H23N3OS/c1-13-10-20-16(23-13)11-21-17(14-8-6-5-7-9-14)18-22-15(12-24-18)19(2,3)4/h5-10,12,17,21H,11H2,1-4H3/t17-/m1/s1. The van der Waals surface area contributed by atoms with Crippen LogP contribution in [0.2, 0.25) is 0 Å². The van der Waals surface area contributed by atoms with E-state index >= 15 is 0 Å². The SMILES string of the molecule is Cc1cnc(CN[C@H](c2ccccc2)c2nc(C(C)(C)C)cs2)o1. The van der Waals surface area contributed by atoms with Gasteiger partial charge in [0, 0.05) is 10.8 Å². The molecule has 0 radical (unpaired) electrons. The summed E-state index contributed by atoms with van der Waals surface area (Å²) in [4.78, 5) is 9.15. The zero-order chi connectivity index (χ0) is 17.2. The van der Waals surface area contributed by atoms with Crippen LogP contribution in [-0.4, -0.2) is 9.97 Å². The third-order valence-electron chi connectivity index (χ3n) is 3.80. The van der Waals surface area contributed by atoms with Crippen molar-refractivity contribution in [2.75, 3.05) is 0 Å². The molecule has 0 fully saturated rings. The maximum Gasteiger partial charge on any atom is 0.208 e. The van der Waals surface area contributed by atoms with Crippen molar-refractivity contribution in [2.45, 2.75) is 45.7 Å². The fourth-order valence-electron chi connectivity index (χ4n) is 2.43. The third kappa shape index (κ3) is 3.91. The first kappa shape index (κ1) is 16.9. The Kier molecular flexibility index (Phi) is 4.83. The summed E-state index contributed by atoms with van der Waals surface area (Å²) in [6, 6.07) is 10.4. The number of nitrogens with zero attached hydrogens (tertiary/aromatic N) is 2. The molecule has 3 rings (SSSR count). The first-order chi connectivity index (χ1) is 11.4. The van der Waals surface area contributed by atoms with Crippen LogP contribution in [0.5, 0.6) is 0 Å². The Morgan fingerprint density at radius 2 is 1.96 bits per heavy atom. The van der Waals surface area contributed by atoms with Gasteiger partial charge in [-0.25, -0.2) is 9.97 Å². The number of benzene rings is 1. The number of oxazole rings is 1. The van der Waals surface area contributed by atoms with Crippen molar-refractivity contribution in [3.63, 3.8) is 0 Å². The van der Waals surface area contributed by atoms with Crippen molar-refractivity contribution in [2.24, 2.45) is 0 Å². The summed E-state index contributed by atoms with van der Waals surface area (Å²) in [7, 11) is 0. The van der Waals surface area contributed by atoms with Gasteiger partial charge in [-0.3, -0.25) is 5.32 Å². The minimum Gasteiger partial charge on any atom is -0.445 e. The van der Waals surface area contributed by atoms with E-state index in [0.717, 1.165) is 16.5 Å². The normalized spacial score (nSPS) is 13.2. The van der Waals surface area contributed by atoms with Crippen molar-refractivity contribution >= 4 is 11.3 Å². The Balaban J connectivity index is 1.86. The van der Waals surface area contributed by atoms with Crippen molar-refractivity contribution in [3.8, 4) is 0 Å². The Bertz CT molecular complexity index is 786. The summed E-state index contributed by atoms with van der Waals surface area (Å²) in [6.45, 7) is 9.03. The lowest BCUT2D eigenvalue weighted by Gasteiger charge is -2.17. The van der Waals surface area contributed by atoms with E-state index in [9.17, 15) is 0 Å². The van der Waals surface area contributed by atoms with Crippen LogP contribution in [0.15, 0.2) is 46.3 Å². The first-order valence-electron chi connectivity index (χ1n) is 8.09. The molecule has 0 aliphatic carbocycles. The van der Waals surface area contributed by atoms with Gasteiger partial charge in [-0.15, -0.1) is 11.3 Å². The molecule has 2 aromatic heterocycles. The van der Waals surface area contributed by atoms with Gasteiger partial charge in [0.1, 0.15) is 10.8 Å². The smallest absolute Gasteiger partial charge is 0.208 e. The quantitative estimate of drug-likeness (QED) is 0.736. The number of thiazole rings is 1. The van der Waals surface area contributed by atoms with E-state index in [2.05, 4.69) is 60.7 Å². The number of hydrogen-bond donors (Lipinski definition) is 1. The van der Waals surface area contributed by atoms with Gasteiger partial charge < -0.3 is 4.42 Å². The van der Waals surface area contributed by atoms with Gasteiger partial charge in [0.2, 0.25) is 5.89 Å². The molecule has 1 atom stereocenters. The summed E-state index contributed by atoms with van der Waals surface area (Å²) in [5.74, 6) is 1.52. The van der Waals surface area contributed by atoms with Gasteiger partial charge in [0.15, 0.2) is 0 Å². The fourth-order valence-corrected chi connectivity index (χ4v) is 3.58. The van der Waals surface area contributed by atoms with Crippen molar-refractivity contribution in [1.29, 1.82) is 0 Å². The molecule has 0 saturated carbocycles. The van der Waals surface area contributed by atoms with E-state index in [-0.39, 0.29) is 11.5 Å². The maximum atomic E-state index is 5.57. The maximum absolute atomic E-state index is 5.57. The predicted octanol–water partition coefficient (Wildman–Crippen LogP) is 4.62. The largest absolute Gasteiger partial charge is 0.445 e. The molecule has 4 nitrogen and oxygen atoms in total. The van der Waals surface area contributed by atoms with Crippen LogP contribution in [0.4, 0.5) is 0 Å². The predicted molar refractivity (Wildman–Crippen MR) is 97.2 cm³/mol. The van der Waals surface area contributed by atoms with Crippen LogP contribution < -0.4 is 5.32 Å². The van der Waals surface area contributed by atoms with E-state index < -0.39 is 0 Å². The number of aryl methyl sites for hydroxylation is 1. The molecule has 2 heterocycles. The third-order valence-corrected chi connectivity index (χ3v) is 4.71. The van der Waals surface area contributed by atoms with Crippen molar-refractivity contribution in [1.82, 2.24) is 15.3 Å². The molecule has 0 unspecified atom stereocenters. The molecule has 1 aromatic carbocycles. The Morgan fingerprint density at radius 1 is 1.21 bits per heavy atom. The molecule has 0 bridgehead atoms.